The molecule has 1 heterocycles. The highest BCUT2D eigenvalue weighted by Gasteiger charge is 2.35. The Morgan fingerprint density at radius 1 is 1.56 bits per heavy atom. The zero-order chi connectivity index (χ0) is 12.2. The Bertz CT molecular complexity index is 241. The third-order valence-corrected chi connectivity index (χ3v) is 5.00. The van der Waals surface area contributed by atoms with E-state index in [2.05, 4.69) is 6.92 Å². The Hall–Kier alpha value is -0.220. The monoisotopic (exact) mass is 244 g/mol. The van der Waals surface area contributed by atoms with Crippen LogP contribution in [0.3, 0.4) is 0 Å². The number of amides is 1. The van der Waals surface area contributed by atoms with Crippen LogP contribution in [0.5, 0.6) is 0 Å². The van der Waals surface area contributed by atoms with Crippen LogP contribution >= 0.6 is 11.8 Å². The van der Waals surface area contributed by atoms with Gasteiger partial charge in [-0.1, -0.05) is 13.8 Å². The maximum absolute atomic E-state index is 12.4. The summed E-state index contributed by atoms with van der Waals surface area (Å²) in [6.45, 7) is 8.44. The molecule has 0 spiro atoms. The fraction of sp³-hybridized carbons (Fsp3) is 0.917. The summed E-state index contributed by atoms with van der Waals surface area (Å²) in [5.74, 6) is 1.31. The predicted octanol–water partition coefficient (Wildman–Crippen LogP) is 1.72. The van der Waals surface area contributed by atoms with Crippen molar-refractivity contribution in [2.24, 2.45) is 11.1 Å². The van der Waals surface area contributed by atoms with Gasteiger partial charge in [-0.25, -0.2) is 0 Å². The third-order valence-electron chi connectivity index (χ3n) is 3.63. The summed E-state index contributed by atoms with van der Waals surface area (Å²) in [5.41, 5.74) is 5.38. The Balaban J connectivity index is 2.65. The van der Waals surface area contributed by atoms with Crippen LogP contribution in [-0.2, 0) is 4.79 Å². The minimum Gasteiger partial charge on any atom is -0.340 e. The van der Waals surface area contributed by atoms with Gasteiger partial charge >= 0.3 is 0 Å². The zero-order valence-electron chi connectivity index (χ0n) is 10.7. The van der Waals surface area contributed by atoms with Crippen LogP contribution in [0.25, 0.3) is 0 Å². The van der Waals surface area contributed by atoms with E-state index in [1.165, 1.54) is 0 Å². The van der Waals surface area contributed by atoms with Gasteiger partial charge in [-0.3, -0.25) is 4.79 Å². The zero-order valence-corrected chi connectivity index (χ0v) is 11.5. The van der Waals surface area contributed by atoms with E-state index in [0.29, 0.717) is 11.8 Å². The van der Waals surface area contributed by atoms with Crippen LogP contribution in [0.2, 0.25) is 0 Å². The smallest absolute Gasteiger partial charge is 0.229 e. The van der Waals surface area contributed by atoms with Gasteiger partial charge in [-0.05, 0) is 19.8 Å². The summed E-state index contributed by atoms with van der Waals surface area (Å²) >= 11 is 1.99. The van der Waals surface area contributed by atoms with E-state index in [4.69, 9.17) is 5.73 Å². The fourth-order valence-corrected chi connectivity index (χ4v) is 3.10. The molecule has 2 atom stereocenters. The van der Waals surface area contributed by atoms with E-state index < -0.39 is 0 Å². The summed E-state index contributed by atoms with van der Waals surface area (Å²) in [6.07, 6.45) is 1.96. The Morgan fingerprint density at radius 3 is 2.75 bits per heavy atom. The first-order chi connectivity index (χ1) is 7.57. The number of rotatable bonds is 4. The summed E-state index contributed by atoms with van der Waals surface area (Å²) in [4.78, 5) is 14.4. The second-order valence-electron chi connectivity index (χ2n) is 4.77. The number of carbonyl (C=O) groups excluding carboxylic acids is 1. The van der Waals surface area contributed by atoms with Crippen LogP contribution in [0, 0.1) is 5.41 Å². The summed E-state index contributed by atoms with van der Waals surface area (Å²) in [5, 5.41) is 0.608. The average Bonchev–Trinajstić information content (AvgIpc) is 2.37. The van der Waals surface area contributed by atoms with Crippen LogP contribution in [0.4, 0.5) is 0 Å². The number of nitrogens with zero attached hydrogens (tertiary/aromatic N) is 1. The van der Waals surface area contributed by atoms with Gasteiger partial charge in [0.2, 0.25) is 5.91 Å². The largest absolute Gasteiger partial charge is 0.340 e. The number of nitrogens with two attached hydrogens (primary N) is 1. The highest BCUT2D eigenvalue weighted by Crippen LogP contribution is 2.27. The van der Waals surface area contributed by atoms with E-state index in [-0.39, 0.29) is 11.3 Å². The molecule has 2 N–H and O–H groups in total. The SMILES string of the molecule is CCC1CN(C(=O)C(C)(CC)CN)CCS1. The second-order valence-corrected chi connectivity index (χ2v) is 6.18. The normalized spacial score (nSPS) is 25.2. The molecule has 0 aromatic rings. The first-order valence-electron chi connectivity index (χ1n) is 6.18. The van der Waals surface area contributed by atoms with Crippen LogP contribution < -0.4 is 5.73 Å². The van der Waals surface area contributed by atoms with Crippen molar-refractivity contribution in [3.05, 3.63) is 0 Å². The molecule has 3 nitrogen and oxygen atoms in total. The molecule has 0 aromatic carbocycles. The second kappa shape index (κ2) is 5.92. The molecular formula is C12H24N2OS. The van der Waals surface area contributed by atoms with Crippen LogP contribution in [-0.4, -0.2) is 41.4 Å². The van der Waals surface area contributed by atoms with E-state index in [1.807, 2.05) is 30.5 Å². The number of hydrogen-bond donors (Lipinski definition) is 1. The molecule has 1 saturated heterocycles. The summed E-state index contributed by atoms with van der Waals surface area (Å²) in [7, 11) is 0. The minimum atomic E-state index is -0.361. The molecule has 0 saturated carbocycles. The van der Waals surface area contributed by atoms with E-state index in [0.717, 1.165) is 31.7 Å². The van der Waals surface area contributed by atoms with Gasteiger partial charge in [-0.15, -0.1) is 0 Å². The van der Waals surface area contributed by atoms with Crippen molar-refractivity contribution in [1.29, 1.82) is 0 Å². The van der Waals surface area contributed by atoms with Crippen LogP contribution in [0.1, 0.15) is 33.6 Å². The van der Waals surface area contributed by atoms with Crippen molar-refractivity contribution in [3.63, 3.8) is 0 Å². The molecule has 1 amide bonds. The Kier molecular flexibility index (Phi) is 5.12. The van der Waals surface area contributed by atoms with Gasteiger partial charge in [0.1, 0.15) is 0 Å². The Morgan fingerprint density at radius 2 is 2.25 bits per heavy atom. The number of carbonyl (C=O) groups is 1. The fourth-order valence-electron chi connectivity index (χ4n) is 1.92. The van der Waals surface area contributed by atoms with Crippen molar-refractivity contribution in [3.8, 4) is 0 Å². The van der Waals surface area contributed by atoms with E-state index in [1.54, 1.807) is 0 Å². The highest BCUT2D eigenvalue weighted by atomic mass is 32.2. The highest BCUT2D eigenvalue weighted by molar-refractivity contribution is 8.00. The maximum atomic E-state index is 12.4. The lowest BCUT2D eigenvalue weighted by Crippen LogP contribution is -2.50. The van der Waals surface area contributed by atoms with Crippen molar-refractivity contribution >= 4 is 17.7 Å². The van der Waals surface area contributed by atoms with Crippen molar-refractivity contribution in [2.75, 3.05) is 25.4 Å². The first-order valence-corrected chi connectivity index (χ1v) is 7.23. The molecule has 1 aliphatic heterocycles. The van der Waals surface area contributed by atoms with Crippen molar-refractivity contribution < 1.29 is 4.79 Å². The lowest BCUT2D eigenvalue weighted by Gasteiger charge is -2.37. The summed E-state index contributed by atoms with van der Waals surface area (Å²) < 4.78 is 0. The molecule has 1 rings (SSSR count). The maximum Gasteiger partial charge on any atom is 0.229 e. The first kappa shape index (κ1) is 13.8. The number of thioether (sulfide) groups is 1. The molecule has 4 heteroatoms. The molecule has 1 fully saturated rings. The quantitative estimate of drug-likeness (QED) is 0.819. The molecule has 1 aliphatic rings. The van der Waals surface area contributed by atoms with Crippen molar-refractivity contribution in [1.82, 2.24) is 4.90 Å². The van der Waals surface area contributed by atoms with E-state index in [9.17, 15) is 4.79 Å². The molecule has 0 bridgehead atoms. The molecule has 94 valence electrons. The molecule has 0 aromatic heterocycles. The van der Waals surface area contributed by atoms with Gasteiger partial charge in [-0.2, -0.15) is 11.8 Å². The third kappa shape index (κ3) is 2.92. The van der Waals surface area contributed by atoms with Gasteiger partial charge in [0.05, 0.1) is 5.41 Å². The standard InChI is InChI=1S/C12H24N2OS/c1-4-10-8-14(6-7-16-10)11(15)12(3,5-2)9-13/h10H,4-9,13H2,1-3H3. The molecule has 2 unspecified atom stereocenters. The summed E-state index contributed by atoms with van der Waals surface area (Å²) in [6, 6.07) is 0. The molecule has 0 aliphatic carbocycles. The number of hydrogen-bond acceptors (Lipinski definition) is 3. The van der Waals surface area contributed by atoms with Gasteiger partial charge in [0.15, 0.2) is 0 Å². The van der Waals surface area contributed by atoms with Crippen molar-refractivity contribution in [2.45, 2.75) is 38.9 Å². The Labute approximate surface area is 103 Å². The van der Waals surface area contributed by atoms with Gasteiger partial charge in [0.25, 0.3) is 0 Å². The average molecular weight is 244 g/mol. The van der Waals surface area contributed by atoms with Gasteiger partial charge < -0.3 is 10.6 Å². The molecule has 0 radical (unpaired) electrons. The lowest BCUT2D eigenvalue weighted by molar-refractivity contribution is -0.140. The van der Waals surface area contributed by atoms with E-state index >= 15 is 0 Å². The molecular weight excluding hydrogens is 220 g/mol. The topological polar surface area (TPSA) is 46.3 Å². The molecule has 16 heavy (non-hydrogen) atoms. The van der Waals surface area contributed by atoms with Crippen LogP contribution in [0.15, 0.2) is 0 Å². The predicted molar refractivity (Wildman–Crippen MR) is 70.6 cm³/mol. The van der Waals surface area contributed by atoms with Gasteiger partial charge in [0, 0.05) is 30.6 Å². The minimum absolute atomic E-state index is 0.247. The lowest BCUT2D eigenvalue weighted by atomic mass is 9.86.